The maximum atomic E-state index is 12.6. The molecule has 1 aromatic heterocycles. The lowest BCUT2D eigenvalue weighted by molar-refractivity contribution is -0.122. The third-order valence-electron chi connectivity index (χ3n) is 5.09. The third-order valence-corrected chi connectivity index (χ3v) is 5.89. The summed E-state index contributed by atoms with van der Waals surface area (Å²) in [4.78, 5) is 12.6. The van der Waals surface area contributed by atoms with E-state index in [0.717, 1.165) is 43.0 Å². The predicted molar refractivity (Wildman–Crippen MR) is 118 cm³/mol. The van der Waals surface area contributed by atoms with Crippen LogP contribution >= 0.6 is 23.2 Å². The van der Waals surface area contributed by atoms with E-state index in [9.17, 15) is 4.79 Å². The molecule has 0 saturated carbocycles. The number of carbonyl (C=O) groups excluding carboxylic acids is 1. The highest BCUT2D eigenvalue weighted by Crippen LogP contribution is 2.32. The van der Waals surface area contributed by atoms with Crippen LogP contribution in [0.5, 0.6) is 5.75 Å². The van der Waals surface area contributed by atoms with Crippen molar-refractivity contribution in [1.82, 2.24) is 14.8 Å². The number of ether oxygens (including phenoxy) is 1. The lowest BCUT2D eigenvalue weighted by Gasteiger charge is -2.16. The van der Waals surface area contributed by atoms with Gasteiger partial charge in [0.1, 0.15) is 16.6 Å². The largest absolute Gasteiger partial charge is 0.479 e. The van der Waals surface area contributed by atoms with Crippen LogP contribution in [0.3, 0.4) is 0 Å². The van der Waals surface area contributed by atoms with Crippen molar-refractivity contribution in [2.24, 2.45) is 0 Å². The Morgan fingerprint density at radius 2 is 1.97 bits per heavy atom. The summed E-state index contributed by atoms with van der Waals surface area (Å²) in [7, 11) is 0. The first-order chi connectivity index (χ1) is 14.5. The van der Waals surface area contributed by atoms with Crippen LogP contribution in [0.2, 0.25) is 10.0 Å². The van der Waals surface area contributed by atoms with Gasteiger partial charge in [0.2, 0.25) is 0 Å². The number of rotatable bonds is 5. The van der Waals surface area contributed by atoms with E-state index >= 15 is 0 Å². The van der Waals surface area contributed by atoms with Crippen LogP contribution < -0.4 is 10.1 Å². The number of carbonyl (C=O) groups is 1. The number of benzene rings is 2. The molecular weight excluding hydrogens is 423 g/mol. The molecule has 1 atom stereocenters. The third kappa shape index (κ3) is 4.45. The van der Waals surface area contributed by atoms with Gasteiger partial charge in [-0.3, -0.25) is 4.79 Å². The minimum atomic E-state index is -0.756. The number of halogens is 2. The topological polar surface area (TPSA) is 69.0 Å². The van der Waals surface area contributed by atoms with Crippen molar-refractivity contribution >= 4 is 34.8 Å². The van der Waals surface area contributed by atoms with Crippen LogP contribution in [0.25, 0.3) is 11.4 Å². The van der Waals surface area contributed by atoms with E-state index < -0.39 is 6.10 Å². The van der Waals surface area contributed by atoms with Gasteiger partial charge in [0, 0.05) is 24.2 Å². The number of aromatic nitrogens is 3. The minimum absolute atomic E-state index is 0.285. The van der Waals surface area contributed by atoms with Crippen molar-refractivity contribution in [1.29, 1.82) is 0 Å². The van der Waals surface area contributed by atoms with Gasteiger partial charge in [0.15, 0.2) is 11.9 Å². The number of hydrogen-bond donors (Lipinski definition) is 1. The van der Waals surface area contributed by atoms with Crippen molar-refractivity contribution in [2.45, 2.75) is 45.3 Å². The van der Waals surface area contributed by atoms with Crippen LogP contribution in [-0.2, 0) is 17.8 Å². The van der Waals surface area contributed by atoms with E-state index in [0.29, 0.717) is 16.5 Å². The Hall–Kier alpha value is -2.57. The Balaban J connectivity index is 1.49. The van der Waals surface area contributed by atoms with Gasteiger partial charge in [0.25, 0.3) is 5.91 Å². The first-order valence-electron chi connectivity index (χ1n) is 9.97. The molecule has 30 heavy (non-hydrogen) atoms. The van der Waals surface area contributed by atoms with E-state index in [2.05, 4.69) is 20.1 Å². The number of amides is 1. The second kappa shape index (κ2) is 9.06. The van der Waals surface area contributed by atoms with Crippen LogP contribution in [-0.4, -0.2) is 26.8 Å². The fourth-order valence-electron chi connectivity index (χ4n) is 3.50. The van der Waals surface area contributed by atoms with Crippen molar-refractivity contribution < 1.29 is 9.53 Å². The van der Waals surface area contributed by atoms with E-state index in [1.54, 1.807) is 25.1 Å². The number of hydrogen-bond acceptors (Lipinski definition) is 4. The highest BCUT2D eigenvalue weighted by atomic mass is 35.5. The molecule has 0 saturated heterocycles. The smallest absolute Gasteiger partial charge is 0.265 e. The maximum Gasteiger partial charge on any atom is 0.265 e. The molecule has 0 aliphatic carbocycles. The maximum absolute atomic E-state index is 12.6. The fraction of sp³-hybridized carbons (Fsp3) is 0.318. The summed E-state index contributed by atoms with van der Waals surface area (Å²) in [5.74, 6) is 1.94. The summed E-state index contributed by atoms with van der Waals surface area (Å²) in [5, 5.41) is 12.3. The van der Waals surface area contributed by atoms with E-state index in [4.69, 9.17) is 27.9 Å². The molecule has 1 aliphatic rings. The Morgan fingerprint density at radius 3 is 2.83 bits per heavy atom. The molecule has 0 spiro atoms. The second-order valence-electron chi connectivity index (χ2n) is 7.28. The summed E-state index contributed by atoms with van der Waals surface area (Å²) in [6.45, 7) is 2.58. The molecule has 3 aromatic rings. The molecule has 0 bridgehead atoms. The molecule has 0 radical (unpaired) electrons. The molecule has 0 fully saturated rings. The van der Waals surface area contributed by atoms with Gasteiger partial charge in [-0.1, -0.05) is 47.8 Å². The van der Waals surface area contributed by atoms with Gasteiger partial charge in [-0.05, 0) is 44.0 Å². The number of nitrogens with zero attached hydrogens (tertiary/aromatic N) is 3. The molecule has 2 heterocycles. The van der Waals surface area contributed by atoms with E-state index in [1.807, 2.05) is 24.3 Å². The van der Waals surface area contributed by atoms with Crippen LogP contribution in [0.15, 0.2) is 42.5 Å². The van der Waals surface area contributed by atoms with Gasteiger partial charge in [-0.25, -0.2) is 0 Å². The van der Waals surface area contributed by atoms with Crippen molar-refractivity contribution in [2.75, 3.05) is 5.32 Å². The average Bonchev–Trinajstić information content (AvgIpc) is 3.00. The number of fused-ring (bicyclic) bond motifs is 1. The molecule has 1 aliphatic heterocycles. The van der Waals surface area contributed by atoms with Gasteiger partial charge >= 0.3 is 0 Å². The molecule has 4 rings (SSSR count). The standard InChI is InChI=1S/C22H22Cl2N4O2/c1-14(30-18-10-6-9-17(23)20(18)24)22(29)25-16-8-5-7-15(13-16)21-27-26-19-11-3-2-4-12-28(19)21/h5-10,13-14H,2-4,11-12H2,1H3,(H,25,29). The summed E-state index contributed by atoms with van der Waals surface area (Å²) >= 11 is 12.2. The van der Waals surface area contributed by atoms with Gasteiger partial charge in [-0.2, -0.15) is 0 Å². The van der Waals surface area contributed by atoms with E-state index in [-0.39, 0.29) is 10.9 Å². The predicted octanol–water partition coefficient (Wildman–Crippen LogP) is 5.38. The SMILES string of the molecule is CC(Oc1cccc(Cl)c1Cl)C(=O)Nc1cccc(-c2nnc3n2CCCCC3)c1. The molecule has 1 unspecified atom stereocenters. The van der Waals surface area contributed by atoms with Gasteiger partial charge in [0.05, 0.1) is 5.02 Å². The summed E-state index contributed by atoms with van der Waals surface area (Å²) < 4.78 is 7.88. The molecule has 6 nitrogen and oxygen atoms in total. The van der Waals surface area contributed by atoms with Gasteiger partial charge in [-0.15, -0.1) is 10.2 Å². The zero-order valence-electron chi connectivity index (χ0n) is 16.6. The van der Waals surface area contributed by atoms with Crippen LogP contribution in [0, 0.1) is 0 Å². The van der Waals surface area contributed by atoms with Crippen molar-refractivity contribution in [3.05, 3.63) is 58.3 Å². The highest BCUT2D eigenvalue weighted by molar-refractivity contribution is 6.42. The fourth-order valence-corrected chi connectivity index (χ4v) is 3.83. The van der Waals surface area contributed by atoms with Crippen LogP contribution in [0.1, 0.15) is 32.0 Å². The average molecular weight is 445 g/mol. The highest BCUT2D eigenvalue weighted by Gasteiger charge is 2.19. The zero-order chi connectivity index (χ0) is 21.1. The normalized spacial score (nSPS) is 14.5. The Labute approximate surface area is 185 Å². The lowest BCUT2D eigenvalue weighted by Crippen LogP contribution is -2.30. The lowest BCUT2D eigenvalue weighted by atomic mass is 10.1. The second-order valence-corrected chi connectivity index (χ2v) is 8.07. The zero-order valence-corrected chi connectivity index (χ0v) is 18.1. The van der Waals surface area contributed by atoms with Crippen LogP contribution in [0.4, 0.5) is 5.69 Å². The summed E-state index contributed by atoms with van der Waals surface area (Å²) in [6, 6.07) is 12.7. The molecular formula is C22H22Cl2N4O2. The Kier molecular flexibility index (Phi) is 6.25. The van der Waals surface area contributed by atoms with Crippen molar-refractivity contribution in [3.8, 4) is 17.1 Å². The number of anilines is 1. The Bertz CT molecular complexity index is 1070. The van der Waals surface area contributed by atoms with Gasteiger partial charge < -0.3 is 14.6 Å². The molecule has 8 heteroatoms. The first-order valence-corrected chi connectivity index (χ1v) is 10.7. The first kappa shape index (κ1) is 20.7. The summed E-state index contributed by atoms with van der Waals surface area (Å²) in [6.07, 6.45) is 3.66. The number of aryl methyl sites for hydroxylation is 1. The number of nitrogens with one attached hydrogen (secondary N) is 1. The van der Waals surface area contributed by atoms with Crippen molar-refractivity contribution in [3.63, 3.8) is 0 Å². The molecule has 156 valence electrons. The quantitative estimate of drug-likeness (QED) is 0.572. The Morgan fingerprint density at radius 1 is 1.13 bits per heavy atom. The molecule has 2 aromatic carbocycles. The summed E-state index contributed by atoms with van der Waals surface area (Å²) in [5.41, 5.74) is 1.58. The van der Waals surface area contributed by atoms with E-state index in [1.165, 1.54) is 6.42 Å². The monoisotopic (exact) mass is 444 g/mol. The minimum Gasteiger partial charge on any atom is -0.479 e. The molecule has 1 N–H and O–H groups in total. The molecule has 1 amide bonds.